The normalized spacial score (nSPS) is 10.1. The van der Waals surface area contributed by atoms with Crippen molar-refractivity contribution in [2.75, 3.05) is 0 Å². The first-order chi connectivity index (χ1) is 10.2. The Labute approximate surface area is 127 Å². The van der Waals surface area contributed by atoms with Gasteiger partial charge in [-0.1, -0.05) is 36.4 Å². The molecule has 1 aromatic carbocycles. The van der Waals surface area contributed by atoms with Crippen molar-refractivity contribution in [2.24, 2.45) is 0 Å². The van der Waals surface area contributed by atoms with Crippen LogP contribution in [0.25, 0.3) is 0 Å². The number of aryl methyl sites for hydroxylation is 1. The van der Waals surface area contributed by atoms with Gasteiger partial charge in [-0.3, -0.25) is 10.1 Å². The molecular weight excluding hydrogens is 286 g/mol. The van der Waals surface area contributed by atoms with E-state index in [4.69, 9.17) is 4.74 Å². The summed E-state index contributed by atoms with van der Waals surface area (Å²) in [6.45, 7) is 0.162. The Bertz CT molecular complexity index is 566. The maximum absolute atomic E-state index is 11.6. The van der Waals surface area contributed by atoms with Crippen LogP contribution in [-0.4, -0.2) is 12.0 Å². The van der Waals surface area contributed by atoms with Gasteiger partial charge in [-0.05, 0) is 29.9 Å². The van der Waals surface area contributed by atoms with Gasteiger partial charge in [-0.15, -0.1) is 11.3 Å². The van der Waals surface area contributed by atoms with Crippen molar-refractivity contribution in [1.82, 2.24) is 5.32 Å². The minimum Gasteiger partial charge on any atom is -0.444 e. The first kappa shape index (κ1) is 15.3. The highest BCUT2D eigenvalue weighted by Gasteiger charge is 2.09. The summed E-state index contributed by atoms with van der Waals surface area (Å²) < 4.78 is 4.98. The van der Waals surface area contributed by atoms with E-state index in [-0.39, 0.29) is 12.5 Å². The highest BCUT2D eigenvalue weighted by atomic mass is 32.1. The Hall–Kier alpha value is -2.14. The predicted octanol–water partition coefficient (Wildman–Crippen LogP) is 3.52. The summed E-state index contributed by atoms with van der Waals surface area (Å²) >= 11 is 1.67. The second-order valence-electron chi connectivity index (χ2n) is 4.54. The average Bonchev–Trinajstić information content (AvgIpc) is 2.99. The summed E-state index contributed by atoms with van der Waals surface area (Å²) in [7, 11) is 0. The molecule has 2 amide bonds. The SMILES string of the molecule is O=C(CCCc1cccs1)NC(=O)OCc1ccccc1. The molecule has 0 fully saturated rings. The average molecular weight is 303 g/mol. The van der Waals surface area contributed by atoms with Crippen molar-refractivity contribution < 1.29 is 14.3 Å². The molecule has 0 saturated carbocycles. The monoisotopic (exact) mass is 303 g/mol. The first-order valence-corrected chi connectivity index (χ1v) is 7.65. The van der Waals surface area contributed by atoms with Crippen LogP contribution in [0.1, 0.15) is 23.3 Å². The zero-order valence-corrected chi connectivity index (χ0v) is 12.4. The Morgan fingerprint density at radius 3 is 2.62 bits per heavy atom. The fourth-order valence-electron chi connectivity index (χ4n) is 1.81. The molecule has 0 spiro atoms. The highest BCUT2D eigenvalue weighted by Crippen LogP contribution is 2.11. The van der Waals surface area contributed by atoms with Gasteiger partial charge in [0, 0.05) is 11.3 Å². The molecule has 0 aliphatic heterocycles. The smallest absolute Gasteiger partial charge is 0.414 e. The van der Waals surface area contributed by atoms with Gasteiger partial charge in [-0.2, -0.15) is 0 Å². The van der Waals surface area contributed by atoms with Crippen LogP contribution >= 0.6 is 11.3 Å². The van der Waals surface area contributed by atoms with Crippen LogP contribution in [0.15, 0.2) is 47.8 Å². The topological polar surface area (TPSA) is 55.4 Å². The van der Waals surface area contributed by atoms with Gasteiger partial charge in [0.15, 0.2) is 0 Å². The van der Waals surface area contributed by atoms with E-state index in [1.807, 2.05) is 47.8 Å². The van der Waals surface area contributed by atoms with Crippen LogP contribution in [0, 0.1) is 0 Å². The van der Waals surface area contributed by atoms with Crippen LogP contribution in [0.4, 0.5) is 4.79 Å². The lowest BCUT2D eigenvalue weighted by Gasteiger charge is -2.06. The maximum Gasteiger partial charge on any atom is 0.414 e. The molecule has 5 heteroatoms. The fraction of sp³-hybridized carbons (Fsp3) is 0.250. The Morgan fingerprint density at radius 1 is 1.10 bits per heavy atom. The van der Waals surface area contributed by atoms with Crippen molar-refractivity contribution in [3.63, 3.8) is 0 Å². The molecule has 1 aromatic heterocycles. The van der Waals surface area contributed by atoms with Crippen LogP contribution in [0.3, 0.4) is 0 Å². The van der Waals surface area contributed by atoms with E-state index in [0.717, 1.165) is 18.4 Å². The van der Waals surface area contributed by atoms with Crippen molar-refractivity contribution in [3.05, 3.63) is 58.3 Å². The number of hydrogen-bond acceptors (Lipinski definition) is 4. The quantitative estimate of drug-likeness (QED) is 0.888. The minimum atomic E-state index is -0.694. The fourth-order valence-corrected chi connectivity index (χ4v) is 2.56. The molecule has 0 aliphatic carbocycles. The van der Waals surface area contributed by atoms with E-state index in [1.165, 1.54) is 4.88 Å². The van der Waals surface area contributed by atoms with Crippen molar-refractivity contribution in [1.29, 1.82) is 0 Å². The molecule has 2 aromatic rings. The lowest BCUT2D eigenvalue weighted by molar-refractivity contribution is -0.120. The largest absolute Gasteiger partial charge is 0.444 e. The molecule has 0 radical (unpaired) electrons. The third-order valence-electron chi connectivity index (χ3n) is 2.86. The lowest BCUT2D eigenvalue weighted by Crippen LogP contribution is -2.30. The third kappa shape index (κ3) is 5.79. The molecule has 2 rings (SSSR count). The van der Waals surface area contributed by atoms with E-state index in [9.17, 15) is 9.59 Å². The van der Waals surface area contributed by atoms with E-state index >= 15 is 0 Å². The van der Waals surface area contributed by atoms with Crippen molar-refractivity contribution in [3.8, 4) is 0 Å². The van der Waals surface area contributed by atoms with Crippen LogP contribution in [0.2, 0.25) is 0 Å². The summed E-state index contributed by atoms with van der Waals surface area (Å²) in [4.78, 5) is 24.3. The van der Waals surface area contributed by atoms with E-state index in [0.29, 0.717) is 6.42 Å². The molecule has 21 heavy (non-hydrogen) atoms. The number of benzene rings is 1. The van der Waals surface area contributed by atoms with Crippen LogP contribution in [0.5, 0.6) is 0 Å². The molecule has 0 bridgehead atoms. The summed E-state index contributed by atoms with van der Waals surface area (Å²) in [5.74, 6) is -0.301. The van der Waals surface area contributed by atoms with Crippen LogP contribution < -0.4 is 5.32 Å². The Kier molecular flexibility index (Phi) is 5.97. The van der Waals surface area contributed by atoms with Gasteiger partial charge in [0.1, 0.15) is 6.61 Å². The molecule has 1 heterocycles. The second-order valence-corrected chi connectivity index (χ2v) is 5.58. The van der Waals surface area contributed by atoms with Crippen molar-refractivity contribution >= 4 is 23.3 Å². The molecule has 0 saturated heterocycles. The number of nitrogens with one attached hydrogen (secondary N) is 1. The summed E-state index contributed by atoms with van der Waals surface area (Å²) in [6, 6.07) is 13.4. The van der Waals surface area contributed by atoms with Gasteiger partial charge in [-0.25, -0.2) is 4.79 Å². The zero-order chi connectivity index (χ0) is 14.9. The number of rotatable bonds is 6. The van der Waals surface area contributed by atoms with E-state index < -0.39 is 6.09 Å². The standard InChI is InChI=1S/C16H17NO3S/c18-15(10-4-8-14-9-5-11-21-14)17-16(19)20-12-13-6-2-1-3-7-13/h1-3,5-7,9,11H,4,8,10,12H2,(H,17,18,19). The number of ether oxygens (including phenoxy) is 1. The Balaban J connectivity index is 1.62. The zero-order valence-electron chi connectivity index (χ0n) is 11.6. The molecule has 4 nitrogen and oxygen atoms in total. The van der Waals surface area contributed by atoms with Gasteiger partial charge in [0.2, 0.25) is 5.91 Å². The summed E-state index contributed by atoms with van der Waals surface area (Å²) in [5.41, 5.74) is 0.887. The molecular formula is C16H17NO3S. The molecule has 0 atom stereocenters. The number of carbonyl (C=O) groups excluding carboxylic acids is 2. The third-order valence-corrected chi connectivity index (χ3v) is 3.80. The van der Waals surface area contributed by atoms with E-state index in [1.54, 1.807) is 11.3 Å². The predicted molar refractivity (Wildman–Crippen MR) is 82.0 cm³/mol. The number of amides is 2. The van der Waals surface area contributed by atoms with E-state index in [2.05, 4.69) is 5.32 Å². The maximum atomic E-state index is 11.6. The summed E-state index contributed by atoms with van der Waals surface area (Å²) in [5, 5.41) is 4.24. The number of alkyl carbamates (subject to hydrolysis) is 1. The highest BCUT2D eigenvalue weighted by molar-refractivity contribution is 7.09. The van der Waals surface area contributed by atoms with Gasteiger partial charge in [0.25, 0.3) is 0 Å². The Morgan fingerprint density at radius 2 is 1.90 bits per heavy atom. The molecule has 110 valence electrons. The molecule has 1 N–H and O–H groups in total. The van der Waals surface area contributed by atoms with Crippen LogP contribution in [-0.2, 0) is 22.6 Å². The number of hydrogen-bond donors (Lipinski definition) is 1. The number of carbonyl (C=O) groups is 2. The second kappa shape index (κ2) is 8.21. The number of thiophene rings is 1. The molecule has 0 unspecified atom stereocenters. The van der Waals surface area contributed by atoms with Gasteiger partial charge < -0.3 is 4.74 Å². The molecule has 0 aliphatic rings. The summed E-state index contributed by atoms with van der Waals surface area (Å²) in [6.07, 6.45) is 1.20. The van der Waals surface area contributed by atoms with Gasteiger partial charge >= 0.3 is 6.09 Å². The minimum absolute atomic E-state index is 0.162. The first-order valence-electron chi connectivity index (χ1n) is 6.77. The van der Waals surface area contributed by atoms with Gasteiger partial charge in [0.05, 0.1) is 0 Å². The number of imide groups is 1. The van der Waals surface area contributed by atoms with Crippen molar-refractivity contribution in [2.45, 2.75) is 25.9 Å². The lowest BCUT2D eigenvalue weighted by atomic mass is 10.2.